The number of aryl methyl sites for hydroxylation is 1. The fourth-order valence-corrected chi connectivity index (χ4v) is 2.67. The third-order valence-corrected chi connectivity index (χ3v) is 3.62. The zero-order chi connectivity index (χ0) is 19.5. The molecule has 0 radical (unpaired) electrons. The molecule has 0 spiro atoms. The van der Waals surface area contributed by atoms with E-state index in [2.05, 4.69) is 18.3 Å². The standard InChI is InChI=1S/C18H27F3O.CH6OSi/c1-13(2)22-18(3,4)10-8-6-5-7-9-14-11-16(20)17(21)12-15(14)19;1-2-3/h11-13H,5-10H2,1-4H3;1,3H3. The fraction of sp³-hybridized carbons (Fsp3) is 0.684. The molecule has 1 aromatic rings. The van der Waals surface area contributed by atoms with Crippen molar-refractivity contribution in [3.63, 3.8) is 0 Å². The van der Waals surface area contributed by atoms with Crippen molar-refractivity contribution in [1.29, 1.82) is 0 Å². The van der Waals surface area contributed by atoms with Gasteiger partial charge in [-0.3, -0.25) is 0 Å². The van der Waals surface area contributed by atoms with Crippen LogP contribution in [0.3, 0.4) is 0 Å². The van der Waals surface area contributed by atoms with Crippen molar-refractivity contribution < 1.29 is 22.3 Å². The zero-order valence-corrected chi connectivity index (χ0v) is 18.4. The molecule has 0 heterocycles. The number of benzene rings is 1. The normalized spacial score (nSPS) is 11.6. The highest BCUT2D eigenvalue weighted by Crippen LogP contribution is 2.21. The maximum absolute atomic E-state index is 13.5. The predicted molar refractivity (Wildman–Crippen MR) is 100 cm³/mol. The van der Waals surface area contributed by atoms with Gasteiger partial charge in [0.25, 0.3) is 0 Å². The molecule has 0 aliphatic heterocycles. The van der Waals surface area contributed by atoms with Crippen LogP contribution in [0.25, 0.3) is 0 Å². The van der Waals surface area contributed by atoms with E-state index in [9.17, 15) is 13.2 Å². The minimum atomic E-state index is -1.13. The largest absolute Gasteiger partial charge is 0.431 e. The molecule has 2 nitrogen and oxygen atoms in total. The maximum atomic E-state index is 13.5. The summed E-state index contributed by atoms with van der Waals surface area (Å²) in [5.41, 5.74) is 0.128. The lowest BCUT2D eigenvalue weighted by molar-refractivity contribution is -0.0615. The van der Waals surface area contributed by atoms with Crippen LogP contribution in [0.1, 0.15) is 65.4 Å². The first-order chi connectivity index (χ1) is 11.6. The molecule has 0 aliphatic rings. The van der Waals surface area contributed by atoms with Crippen LogP contribution in [0.15, 0.2) is 12.1 Å². The van der Waals surface area contributed by atoms with E-state index in [4.69, 9.17) is 4.74 Å². The maximum Gasteiger partial charge on any atom is 0.161 e. The molecule has 0 saturated carbocycles. The average Bonchev–Trinajstić information content (AvgIpc) is 2.47. The summed E-state index contributed by atoms with van der Waals surface area (Å²) < 4.78 is 49.6. The van der Waals surface area contributed by atoms with Crippen molar-refractivity contribution in [2.45, 2.75) is 77.9 Å². The summed E-state index contributed by atoms with van der Waals surface area (Å²) in [6.07, 6.45) is 5.41. The highest BCUT2D eigenvalue weighted by atomic mass is 28.2. The Morgan fingerprint density at radius 3 is 2.04 bits per heavy atom. The Hall–Kier alpha value is -0.853. The van der Waals surface area contributed by atoms with E-state index in [1.165, 1.54) is 0 Å². The average molecular weight is 379 g/mol. The molecule has 0 fully saturated rings. The van der Waals surface area contributed by atoms with Gasteiger partial charge in [-0.05, 0) is 58.6 Å². The van der Waals surface area contributed by atoms with Crippen LogP contribution >= 0.6 is 0 Å². The van der Waals surface area contributed by atoms with E-state index >= 15 is 0 Å². The topological polar surface area (TPSA) is 18.5 Å². The second-order valence-corrected chi connectivity index (χ2v) is 7.92. The molecule has 0 atom stereocenters. The molecule has 0 N–H and O–H groups in total. The second-order valence-electron chi connectivity index (χ2n) is 7.11. The van der Waals surface area contributed by atoms with E-state index in [1.54, 1.807) is 7.11 Å². The Morgan fingerprint density at radius 2 is 1.48 bits per heavy atom. The first-order valence-corrected chi connectivity index (χ1v) is 9.66. The van der Waals surface area contributed by atoms with Gasteiger partial charge in [0, 0.05) is 13.2 Å². The van der Waals surface area contributed by atoms with Crippen molar-refractivity contribution in [2.24, 2.45) is 0 Å². The number of unbranched alkanes of at least 4 members (excludes halogenated alkanes) is 3. The van der Waals surface area contributed by atoms with Gasteiger partial charge in [0.1, 0.15) is 16.3 Å². The van der Waals surface area contributed by atoms with E-state index < -0.39 is 17.5 Å². The van der Waals surface area contributed by atoms with E-state index in [0.29, 0.717) is 12.5 Å². The highest BCUT2D eigenvalue weighted by molar-refractivity contribution is 5.97. The third-order valence-electron chi connectivity index (χ3n) is 3.62. The van der Waals surface area contributed by atoms with Gasteiger partial charge < -0.3 is 9.16 Å². The molecule has 0 aromatic heterocycles. The molecule has 0 bridgehead atoms. The van der Waals surface area contributed by atoms with Gasteiger partial charge in [0.05, 0.1) is 11.7 Å². The summed E-state index contributed by atoms with van der Waals surface area (Å²) in [4.78, 5) is 0. The Balaban J connectivity index is 0.00000178. The van der Waals surface area contributed by atoms with Gasteiger partial charge in [-0.15, -0.1) is 0 Å². The smallest absolute Gasteiger partial charge is 0.161 e. The van der Waals surface area contributed by atoms with Crippen molar-refractivity contribution in [2.75, 3.05) is 7.11 Å². The Kier molecular flexibility index (Phi) is 12.1. The van der Waals surface area contributed by atoms with Crippen LogP contribution < -0.4 is 0 Å². The van der Waals surface area contributed by atoms with Crippen molar-refractivity contribution >= 4 is 10.5 Å². The van der Waals surface area contributed by atoms with Crippen LogP contribution in [0.2, 0.25) is 0 Å². The summed E-state index contributed by atoms with van der Waals surface area (Å²) in [6.45, 7) is 8.23. The Labute approximate surface area is 153 Å². The summed E-state index contributed by atoms with van der Waals surface area (Å²) in [7, 11) is 2.56. The molecule has 1 rings (SSSR count). The fourth-order valence-electron chi connectivity index (χ4n) is 2.67. The van der Waals surface area contributed by atoms with Crippen molar-refractivity contribution in [1.82, 2.24) is 0 Å². The van der Waals surface area contributed by atoms with Crippen molar-refractivity contribution in [3.05, 3.63) is 35.1 Å². The van der Waals surface area contributed by atoms with Gasteiger partial charge in [-0.1, -0.05) is 19.3 Å². The van der Waals surface area contributed by atoms with Crippen LogP contribution in [0.5, 0.6) is 0 Å². The molecule has 0 unspecified atom stereocenters. The van der Waals surface area contributed by atoms with Gasteiger partial charge in [0.2, 0.25) is 0 Å². The predicted octanol–water partition coefficient (Wildman–Crippen LogP) is 4.71. The molecule has 1 aromatic carbocycles. The van der Waals surface area contributed by atoms with Crippen molar-refractivity contribution in [3.8, 4) is 0 Å². The van der Waals surface area contributed by atoms with Crippen LogP contribution in [-0.2, 0) is 15.6 Å². The summed E-state index contributed by atoms with van der Waals surface area (Å²) in [5, 5.41) is 0. The molecule has 25 heavy (non-hydrogen) atoms. The molecular weight excluding hydrogens is 345 g/mol. The summed E-state index contributed by atoms with van der Waals surface area (Å²) >= 11 is 0. The van der Waals surface area contributed by atoms with E-state index in [-0.39, 0.29) is 17.3 Å². The lowest BCUT2D eigenvalue weighted by Crippen LogP contribution is -2.27. The minimum Gasteiger partial charge on any atom is -0.431 e. The Morgan fingerprint density at radius 1 is 0.960 bits per heavy atom. The number of hydrogen-bond acceptors (Lipinski definition) is 2. The van der Waals surface area contributed by atoms with E-state index in [1.807, 2.05) is 13.8 Å². The monoisotopic (exact) mass is 378 g/mol. The summed E-state index contributed by atoms with van der Waals surface area (Å²) in [5.74, 6) is -2.78. The van der Waals surface area contributed by atoms with E-state index in [0.717, 1.165) is 48.7 Å². The van der Waals surface area contributed by atoms with Gasteiger partial charge in [0.15, 0.2) is 11.6 Å². The zero-order valence-electron chi connectivity index (χ0n) is 16.4. The first kappa shape index (κ1) is 24.1. The van der Waals surface area contributed by atoms with Gasteiger partial charge >= 0.3 is 0 Å². The molecular formula is C19H33F3O2Si. The van der Waals surface area contributed by atoms with Gasteiger partial charge in [-0.2, -0.15) is 0 Å². The van der Waals surface area contributed by atoms with Crippen LogP contribution in [0, 0.1) is 17.5 Å². The van der Waals surface area contributed by atoms with Crippen LogP contribution in [0.4, 0.5) is 13.2 Å². The number of halogens is 3. The number of ether oxygens (including phenoxy) is 1. The SMILES string of the molecule is CC(C)OC(C)(C)CCCCCCc1cc(F)c(F)cc1F.CO[SiH3]. The van der Waals surface area contributed by atoms with Crippen LogP contribution in [-0.4, -0.2) is 29.3 Å². The third kappa shape index (κ3) is 11.4. The molecule has 0 aliphatic carbocycles. The molecule has 6 heteroatoms. The highest BCUT2D eigenvalue weighted by Gasteiger charge is 2.19. The quantitative estimate of drug-likeness (QED) is 0.352. The molecule has 0 saturated heterocycles. The molecule has 146 valence electrons. The number of hydrogen-bond donors (Lipinski definition) is 0. The summed E-state index contributed by atoms with van der Waals surface area (Å²) in [6, 6.07) is 1.58. The second kappa shape index (κ2) is 12.5. The minimum absolute atomic E-state index is 0.125. The Bertz CT molecular complexity index is 494. The number of rotatable bonds is 9. The first-order valence-electron chi connectivity index (χ1n) is 8.84. The lowest BCUT2D eigenvalue weighted by atomic mass is 9.98. The lowest BCUT2D eigenvalue weighted by Gasteiger charge is -2.27. The van der Waals surface area contributed by atoms with Gasteiger partial charge in [-0.25, -0.2) is 13.2 Å². The molecule has 0 amide bonds.